The Labute approximate surface area is 201 Å². The number of aromatic hydroxyl groups is 2. The second-order valence-electron chi connectivity index (χ2n) is 10.5. The van der Waals surface area contributed by atoms with Crippen molar-refractivity contribution in [1.29, 1.82) is 0 Å². The highest BCUT2D eigenvalue weighted by molar-refractivity contribution is 6.91. The minimum atomic E-state index is -1.78. The number of fused-ring (bicyclic) bond motifs is 2. The number of hydrogen-bond donors (Lipinski definition) is 2. The van der Waals surface area contributed by atoms with Crippen LogP contribution in [0.15, 0.2) is 48.5 Å². The molecule has 0 heterocycles. The third kappa shape index (κ3) is 3.94. The number of benzene rings is 4. The molecular weight excluding hydrogens is 471 g/mol. The van der Waals surface area contributed by atoms with Crippen molar-refractivity contribution >= 4 is 71.3 Å². The first kappa shape index (κ1) is 23.2. The number of phenols is 2. The van der Waals surface area contributed by atoms with Crippen molar-refractivity contribution in [3.05, 3.63) is 58.6 Å². The Bertz CT molecular complexity index is 1280. The van der Waals surface area contributed by atoms with E-state index < -0.39 is 16.1 Å². The normalized spacial score (nSPS) is 12.6. The Morgan fingerprint density at radius 2 is 0.875 bits per heavy atom. The van der Waals surface area contributed by atoms with Crippen LogP contribution in [0.1, 0.15) is 0 Å². The van der Waals surface area contributed by atoms with Crippen molar-refractivity contribution < 1.29 is 10.2 Å². The standard InChI is InChI=1S/C26H28Cl2O2Si2/c1-31(2,3)23-13-21(29)25(17-9-7-15(27)11-19(17)23)26-18-10-8-16(28)12-20(18)24(14-22(26)30)32(4,5)6/h7-14,29-30H,1-6H3. The lowest BCUT2D eigenvalue weighted by Gasteiger charge is -2.25. The van der Waals surface area contributed by atoms with Gasteiger partial charge in [-0.25, -0.2) is 0 Å². The predicted octanol–water partition coefficient (Wildman–Crippen LogP) is 7.47. The fraction of sp³-hybridized carbons (Fsp3) is 0.231. The van der Waals surface area contributed by atoms with Gasteiger partial charge in [-0.3, -0.25) is 0 Å². The molecule has 0 saturated carbocycles. The molecule has 166 valence electrons. The van der Waals surface area contributed by atoms with Gasteiger partial charge < -0.3 is 10.2 Å². The molecule has 0 aromatic heterocycles. The molecule has 0 aliphatic heterocycles. The van der Waals surface area contributed by atoms with Gasteiger partial charge in [0, 0.05) is 21.2 Å². The molecule has 0 radical (unpaired) electrons. The van der Waals surface area contributed by atoms with Crippen LogP contribution >= 0.6 is 23.2 Å². The second kappa shape index (κ2) is 7.80. The van der Waals surface area contributed by atoms with Crippen molar-refractivity contribution in [1.82, 2.24) is 0 Å². The summed E-state index contributed by atoms with van der Waals surface area (Å²) in [5, 5.41) is 30.0. The molecule has 6 heteroatoms. The van der Waals surface area contributed by atoms with Crippen molar-refractivity contribution in [3.63, 3.8) is 0 Å². The van der Waals surface area contributed by atoms with Crippen molar-refractivity contribution in [2.45, 2.75) is 39.3 Å². The maximum absolute atomic E-state index is 11.3. The molecule has 0 spiro atoms. The van der Waals surface area contributed by atoms with E-state index in [2.05, 4.69) is 39.3 Å². The molecule has 0 bridgehead atoms. The van der Waals surface area contributed by atoms with Gasteiger partial charge in [-0.15, -0.1) is 0 Å². The third-order valence-electron chi connectivity index (χ3n) is 6.02. The SMILES string of the molecule is C[Si](C)(C)c1cc(O)c(-c2c(O)cc([Si](C)(C)C)c3cc(Cl)ccc23)c2ccc(Cl)cc12. The zero-order chi connectivity index (χ0) is 23.6. The molecular formula is C26H28Cl2O2Si2. The Morgan fingerprint density at radius 1 is 0.531 bits per heavy atom. The molecule has 4 aromatic rings. The predicted molar refractivity (Wildman–Crippen MR) is 146 cm³/mol. The fourth-order valence-corrected chi connectivity index (χ4v) is 8.04. The first-order valence-corrected chi connectivity index (χ1v) is 18.5. The summed E-state index contributed by atoms with van der Waals surface area (Å²) in [6.45, 7) is 13.5. The summed E-state index contributed by atoms with van der Waals surface area (Å²) < 4.78 is 0. The van der Waals surface area contributed by atoms with E-state index >= 15 is 0 Å². The van der Waals surface area contributed by atoms with Crippen LogP contribution < -0.4 is 10.4 Å². The Kier molecular flexibility index (Phi) is 5.65. The molecule has 0 aliphatic carbocycles. The van der Waals surface area contributed by atoms with Gasteiger partial charge in [0.25, 0.3) is 0 Å². The van der Waals surface area contributed by atoms with E-state index in [0.717, 1.165) is 31.9 Å². The van der Waals surface area contributed by atoms with E-state index in [4.69, 9.17) is 23.2 Å². The van der Waals surface area contributed by atoms with Crippen LogP contribution in [0.2, 0.25) is 49.3 Å². The first-order chi connectivity index (χ1) is 14.8. The largest absolute Gasteiger partial charge is 0.507 e. The van der Waals surface area contributed by atoms with Gasteiger partial charge in [0.1, 0.15) is 11.5 Å². The fourth-order valence-electron chi connectivity index (χ4n) is 4.53. The van der Waals surface area contributed by atoms with Gasteiger partial charge in [0.15, 0.2) is 0 Å². The van der Waals surface area contributed by atoms with Crippen molar-refractivity contribution in [3.8, 4) is 22.6 Å². The molecule has 0 unspecified atom stereocenters. The van der Waals surface area contributed by atoms with Gasteiger partial charge in [-0.1, -0.05) is 74.6 Å². The van der Waals surface area contributed by atoms with Crippen LogP contribution in [0.25, 0.3) is 32.7 Å². The van der Waals surface area contributed by atoms with Crippen LogP contribution in [0.3, 0.4) is 0 Å². The summed E-state index contributed by atoms with van der Waals surface area (Å²) in [5.74, 6) is 0.342. The smallest absolute Gasteiger partial charge is 0.124 e. The molecule has 4 rings (SSSR count). The third-order valence-corrected chi connectivity index (χ3v) is 10.6. The quantitative estimate of drug-likeness (QED) is 0.287. The van der Waals surface area contributed by atoms with E-state index in [1.807, 2.05) is 48.5 Å². The summed E-state index contributed by atoms with van der Waals surface area (Å²) in [4.78, 5) is 0. The van der Waals surface area contributed by atoms with Crippen molar-refractivity contribution in [2.24, 2.45) is 0 Å². The molecule has 2 nitrogen and oxygen atoms in total. The molecule has 0 fully saturated rings. The maximum atomic E-state index is 11.3. The molecule has 32 heavy (non-hydrogen) atoms. The van der Waals surface area contributed by atoms with Crippen LogP contribution in [0.4, 0.5) is 0 Å². The molecule has 4 aromatic carbocycles. The number of phenolic OH excluding ortho intramolecular Hbond substituents is 2. The van der Waals surface area contributed by atoms with E-state index in [1.165, 1.54) is 0 Å². The van der Waals surface area contributed by atoms with E-state index in [-0.39, 0.29) is 11.5 Å². The highest BCUT2D eigenvalue weighted by Crippen LogP contribution is 2.45. The van der Waals surface area contributed by atoms with Gasteiger partial charge in [-0.05, 0) is 68.3 Å². The molecule has 0 atom stereocenters. The van der Waals surface area contributed by atoms with Gasteiger partial charge >= 0.3 is 0 Å². The van der Waals surface area contributed by atoms with E-state index in [0.29, 0.717) is 21.2 Å². The number of rotatable bonds is 3. The zero-order valence-electron chi connectivity index (χ0n) is 19.3. The number of halogens is 2. The molecule has 2 N–H and O–H groups in total. The second-order valence-corrected chi connectivity index (χ2v) is 21.5. The van der Waals surface area contributed by atoms with Crippen LogP contribution in [-0.2, 0) is 0 Å². The average molecular weight is 500 g/mol. The van der Waals surface area contributed by atoms with Gasteiger partial charge in [0.05, 0.1) is 16.1 Å². The lowest BCUT2D eigenvalue weighted by Crippen LogP contribution is -2.38. The topological polar surface area (TPSA) is 40.5 Å². The van der Waals surface area contributed by atoms with Gasteiger partial charge in [0.2, 0.25) is 0 Å². The summed E-state index contributed by atoms with van der Waals surface area (Å²) in [6.07, 6.45) is 0. The van der Waals surface area contributed by atoms with E-state index in [1.54, 1.807) is 0 Å². The van der Waals surface area contributed by atoms with Crippen molar-refractivity contribution in [2.75, 3.05) is 0 Å². The monoisotopic (exact) mass is 498 g/mol. The highest BCUT2D eigenvalue weighted by atomic mass is 35.5. The van der Waals surface area contributed by atoms with Crippen LogP contribution in [0.5, 0.6) is 11.5 Å². The first-order valence-electron chi connectivity index (χ1n) is 10.7. The minimum absolute atomic E-state index is 0.171. The summed E-state index contributed by atoms with van der Waals surface area (Å²) in [7, 11) is -3.56. The lowest BCUT2D eigenvalue weighted by atomic mass is 9.92. The Hall–Kier alpha value is -1.99. The highest BCUT2D eigenvalue weighted by Gasteiger charge is 2.27. The zero-order valence-corrected chi connectivity index (χ0v) is 22.8. The maximum Gasteiger partial charge on any atom is 0.124 e. The molecule has 0 amide bonds. The molecule has 0 saturated heterocycles. The Balaban J connectivity index is 2.21. The van der Waals surface area contributed by atoms with E-state index in [9.17, 15) is 10.2 Å². The summed E-state index contributed by atoms with van der Waals surface area (Å²) in [6, 6.07) is 15.3. The molecule has 0 aliphatic rings. The minimum Gasteiger partial charge on any atom is -0.507 e. The summed E-state index contributed by atoms with van der Waals surface area (Å²) in [5.41, 5.74) is 1.26. The Morgan fingerprint density at radius 3 is 1.19 bits per heavy atom. The summed E-state index contributed by atoms with van der Waals surface area (Å²) >= 11 is 12.8. The number of hydrogen-bond acceptors (Lipinski definition) is 2. The average Bonchev–Trinajstić information content (AvgIpc) is 2.66. The lowest BCUT2D eigenvalue weighted by molar-refractivity contribution is 0.470. The van der Waals surface area contributed by atoms with Crippen LogP contribution in [-0.4, -0.2) is 26.4 Å². The van der Waals surface area contributed by atoms with Crippen LogP contribution in [0, 0.1) is 0 Å². The van der Waals surface area contributed by atoms with Gasteiger partial charge in [-0.2, -0.15) is 0 Å².